The van der Waals surface area contributed by atoms with Crippen LogP contribution in [0.25, 0.3) is 32.7 Å². The van der Waals surface area contributed by atoms with E-state index < -0.39 is 53.0 Å². The van der Waals surface area contributed by atoms with Crippen LogP contribution in [0.1, 0.15) is 49.9 Å². The zero-order chi connectivity index (χ0) is 40.7. The molecule has 6 aromatic rings. The lowest BCUT2D eigenvalue weighted by Gasteiger charge is -2.16. The molecule has 0 aliphatic carbocycles. The first-order chi connectivity index (χ1) is 26.5. The van der Waals surface area contributed by atoms with E-state index in [2.05, 4.69) is 20.5 Å². The second kappa shape index (κ2) is 15.3. The van der Waals surface area contributed by atoms with Crippen molar-refractivity contribution in [1.29, 1.82) is 0 Å². The third kappa shape index (κ3) is 7.14. The number of azo groups is 2. The minimum Gasteiger partial charge on any atom is -0.505 e. The van der Waals surface area contributed by atoms with E-state index in [-0.39, 0.29) is 32.9 Å². The topological polar surface area (TPSA) is 245 Å². The highest BCUT2D eigenvalue weighted by Crippen LogP contribution is 2.49. The van der Waals surface area contributed by atoms with Gasteiger partial charge in [-0.2, -0.15) is 16.8 Å². The Hall–Kier alpha value is -5.94. The molecule has 0 aromatic heterocycles. The molecule has 0 bridgehead atoms. The summed E-state index contributed by atoms with van der Waals surface area (Å²) in [6, 6.07) is 19.8. The van der Waals surface area contributed by atoms with Crippen molar-refractivity contribution in [3.05, 3.63) is 95.1 Å². The second-order valence-electron chi connectivity index (χ2n) is 13.0. The number of hydrogen-bond acceptors (Lipinski definition) is 12. The molecule has 0 unspecified atom stereocenters. The summed E-state index contributed by atoms with van der Waals surface area (Å²) in [5, 5.41) is 50.5. The van der Waals surface area contributed by atoms with Gasteiger partial charge in [-0.3, -0.25) is 9.11 Å². The van der Waals surface area contributed by atoms with Gasteiger partial charge in [0.1, 0.15) is 9.79 Å². The molecule has 0 spiro atoms. The lowest BCUT2D eigenvalue weighted by Crippen LogP contribution is -2.02. The summed E-state index contributed by atoms with van der Waals surface area (Å²) < 4.78 is 69.2. The second-order valence-corrected chi connectivity index (χ2v) is 15.7. The number of aryl methyl sites for hydroxylation is 4. The van der Waals surface area contributed by atoms with E-state index in [0.29, 0.717) is 37.1 Å². The Labute approximate surface area is 323 Å². The normalized spacial score (nSPS) is 12.5. The maximum atomic E-state index is 12.3. The Morgan fingerprint density at radius 1 is 0.482 bits per heavy atom. The molecule has 6 rings (SSSR count). The Bertz CT molecular complexity index is 2610. The van der Waals surface area contributed by atoms with Crippen LogP contribution < -0.4 is 5.73 Å². The minimum absolute atomic E-state index is 0.0108. The number of nitrogens with zero attached hydrogens (tertiary/aromatic N) is 4. The van der Waals surface area contributed by atoms with E-state index in [4.69, 9.17) is 5.73 Å². The zero-order valence-corrected chi connectivity index (χ0v) is 32.4. The van der Waals surface area contributed by atoms with Crippen LogP contribution >= 0.6 is 0 Å². The van der Waals surface area contributed by atoms with E-state index in [9.17, 15) is 41.3 Å². The Morgan fingerprint density at radius 3 is 1.20 bits per heavy atom. The first-order valence-corrected chi connectivity index (χ1v) is 20.5. The Balaban J connectivity index is 1.45. The number of aromatic hydroxyl groups is 3. The maximum Gasteiger partial charge on any atom is 0.298 e. The van der Waals surface area contributed by atoms with Crippen molar-refractivity contribution in [3.63, 3.8) is 0 Å². The number of nitrogens with two attached hydrogens (primary N) is 1. The smallest absolute Gasteiger partial charge is 0.298 e. The fraction of sp³-hybridized carbons (Fsp3) is 0.200. The molecule has 7 N–H and O–H groups in total. The molecule has 0 heterocycles. The molecule has 0 fully saturated rings. The number of anilines is 1. The summed E-state index contributed by atoms with van der Waals surface area (Å²) in [6.07, 6.45) is 2.08. The third-order valence-corrected chi connectivity index (χ3v) is 11.5. The van der Waals surface area contributed by atoms with Crippen LogP contribution in [0.15, 0.2) is 103 Å². The largest absolute Gasteiger partial charge is 0.505 e. The summed E-state index contributed by atoms with van der Waals surface area (Å²) in [6.45, 7) is 7.75. The molecule has 56 heavy (non-hydrogen) atoms. The van der Waals surface area contributed by atoms with Gasteiger partial charge in [0, 0.05) is 21.5 Å². The van der Waals surface area contributed by atoms with Gasteiger partial charge in [0.15, 0.2) is 28.6 Å². The minimum atomic E-state index is -4.92. The predicted molar refractivity (Wildman–Crippen MR) is 215 cm³/mol. The number of hydrogen-bond donors (Lipinski definition) is 6. The quantitative estimate of drug-likeness (QED) is 0.0411. The number of benzene rings is 6. The highest BCUT2D eigenvalue weighted by atomic mass is 32.2. The van der Waals surface area contributed by atoms with Crippen LogP contribution in [0.5, 0.6) is 17.2 Å². The first kappa shape index (κ1) is 39.7. The van der Waals surface area contributed by atoms with E-state index in [1.54, 1.807) is 24.3 Å². The van der Waals surface area contributed by atoms with E-state index in [1.807, 2.05) is 52.0 Å². The molecule has 290 valence electrons. The van der Waals surface area contributed by atoms with Crippen molar-refractivity contribution in [1.82, 2.24) is 0 Å². The zero-order valence-electron chi connectivity index (χ0n) is 30.8. The van der Waals surface area contributed by atoms with Crippen molar-refractivity contribution >= 4 is 70.2 Å². The lowest BCUT2D eigenvalue weighted by molar-refractivity contribution is 0.436. The highest BCUT2D eigenvalue weighted by Gasteiger charge is 2.28. The number of rotatable bonds is 11. The van der Waals surface area contributed by atoms with Crippen LogP contribution in [0.3, 0.4) is 0 Å². The molecule has 0 aliphatic rings. The monoisotopic (exact) mass is 797 g/mol. The van der Waals surface area contributed by atoms with Crippen LogP contribution in [0.4, 0.5) is 28.4 Å². The third-order valence-electron chi connectivity index (χ3n) is 9.66. The summed E-state index contributed by atoms with van der Waals surface area (Å²) in [5.74, 6) is -2.26. The van der Waals surface area contributed by atoms with Gasteiger partial charge in [-0.15, -0.1) is 20.5 Å². The molecular formula is C40H39N5O9S2. The van der Waals surface area contributed by atoms with Crippen LogP contribution in [0.2, 0.25) is 0 Å². The SMILES string of the molecule is CCc1cc(-c2cc(CC)c(N=Nc3c(O)c(S(=O)(=O)O)c4ccccc4c3O)c(CC)c2)cc(CC)c1N=Nc1c(O)c(S(=O)(=O)O)c2ccccc2c1N. The fourth-order valence-corrected chi connectivity index (χ4v) is 8.47. The maximum absolute atomic E-state index is 12.3. The van der Waals surface area contributed by atoms with Crippen molar-refractivity contribution in [2.45, 2.75) is 63.2 Å². The van der Waals surface area contributed by atoms with Gasteiger partial charge in [0.05, 0.1) is 17.1 Å². The van der Waals surface area contributed by atoms with Crippen LogP contribution in [-0.4, -0.2) is 41.3 Å². The fourth-order valence-electron chi connectivity index (χ4n) is 6.88. The summed E-state index contributed by atoms with van der Waals surface area (Å²) >= 11 is 0. The molecule has 0 amide bonds. The average molecular weight is 798 g/mol. The van der Waals surface area contributed by atoms with E-state index in [1.165, 1.54) is 24.3 Å². The highest BCUT2D eigenvalue weighted by molar-refractivity contribution is 7.86. The van der Waals surface area contributed by atoms with Gasteiger partial charge in [-0.25, -0.2) is 0 Å². The van der Waals surface area contributed by atoms with Crippen LogP contribution in [0, 0.1) is 0 Å². The lowest BCUT2D eigenvalue weighted by atomic mass is 9.92. The van der Waals surface area contributed by atoms with Crippen molar-refractivity contribution < 1.29 is 41.3 Å². The summed E-state index contributed by atoms with van der Waals surface area (Å²) in [7, 11) is -9.79. The van der Waals surface area contributed by atoms with Crippen molar-refractivity contribution in [2.75, 3.05) is 5.73 Å². The average Bonchev–Trinajstić information content (AvgIpc) is 3.16. The Morgan fingerprint density at radius 2 is 0.804 bits per heavy atom. The molecule has 16 heteroatoms. The molecule has 0 saturated carbocycles. The van der Waals surface area contributed by atoms with Gasteiger partial charge < -0.3 is 21.1 Å². The van der Waals surface area contributed by atoms with Gasteiger partial charge in [-0.1, -0.05) is 76.2 Å². The standard InChI is InChI=1S/C40H39N5O9S2/c1-5-21-17-25(18-22(6-2)32(21)42-44-34-31(41)27-13-9-11-15-29(27)39(37(34)47)55(49,50)51)26-19-23(7-3)33(24(8-4)20-26)43-45-35-36(46)28-14-10-12-16-30(28)40(38(35)48)56(52,53)54/h9-20,46-48H,5-8,41H2,1-4H3,(H,49,50,51)(H,52,53,54). The number of phenols is 3. The summed E-state index contributed by atoms with van der Waals surface area (Å²) in [4.78, 5) is -1.50. The molecule has 0 saturated heterocycles. The van der Waals surface area contributed by atoms with Crippen molar-refractivity contribution in [3.8, 4) is 28.4 Å². The number of nitrogen functional groups attached to an aromatic ring is 1. The molecule has 0 radical (unpaired) electrons. The summed E-state index contributed by atoms with van der Waals surface area (Å²) in [5.41, 5.74) is 11.4. The first-order valence-electron chi connectivity index (χ1n) is 17.7. The van der Waals surface area contributed by atoms with E-state index >= 15 is 0 Å². The van der Waals surface area contributed by atoms with Gasteiger partial charge >= 0.3 is 0 Å². The molecule has 14 nitrogen and oxygen atoms in total. The van der Waals surface area contributed by atoms with Gasteiger partial charge in [0.25, 0.3) is 20.2 Å². The molecule has 6 aromatic carbocycles. The number of phenolic OH excluding ortho intramolecular Hbond substituents is 3. The van der Waals surface area contributed by atoms with Gasteiger partial charge in [-0.05, 0) is 83.3 Å². The van der Waals surface area contributed by atoms with Crippen LogP contribution in [-0.2, 0) is 45.9 Å². The van der Waals surface area contributed by atoms with Gasteiger partial charge in [0.2, 0.25) is 0 Å². The van der Waals surface area contributed by atoms with E-state index in [0.717, 1.165) is 33.4 Å². The van der Waals surface area contributed by atoms with Crippen molar-refractivity contribution in [2.24, 2.45) is 20.5 Å². The molecular weight excluding hydrogens is 759 g/mol. The molecule has 0 aliphatic heterocycles. The predicted octanol–water partition coefficient (Wildman–Crippen LogP) is 9.93. The Kier molecular flexibility index (Phi) is 10.9. The molecule has 0 atom stereocenters. The number of fused-ring (bicyclic) bond motifs is 2.